The lowest BCUT2D eigenvalue weighted by atomic mass is 9.98. The molecule has 2 heterocycles. The van der Waals surface area contributed by atoms with Crippen LogP contribution in [0.2, 0.25) is 0 Å². The Kier molecular flexibility index (Phi) is 4.63. The van der Waals surface area contributed by atoms with Crippen LogP contribution in [0.15, 0.2) is 30.3 Å². The monoisotopic (exact) mass is 300 g/mol. The largest absolute Gasteiger partial charge is 0.497 e. The van der Waals surface area contributed by atoms with Crippen molar-refractivity contribution in [2.45, 2.75) is 12.8 Å². The maximum Gasteiger partial charge on any atom is 0.150 e. The van der Waals surface area contributed by atoms with Crippen LogP contribution < -0.4 is 15.0 Å². The fourth-order valence-electron chi connectivity index (χ4n) is 2.97. The summed E-state index contributed by atoms with van der Waals surface area (Å²) in [6.07, 6.45) is 2.50. The lowest BCUT2D eigenvalue weighted by Crippen LogP contribution is -2.34. The number of benzene rings is 1. The number of hydrogen-bond acceptors (Lipinski definition) is 4. The van der Waals surface area contributed by atoms with Crippen molar-refractivity contribution >= 4 is 5.82 Å². The lowest BCUT2D eigenvalue weighted by molar-refractivity contribution is 0.377. The van der Waals surface area contributed by atoms with Gasteiger partial charge in [-0.1, -0.05) is 0 Å². The first-order valence-electron chi connectivity index (χ1n) is 7.88. The summed E-state index contributed by atoms with van der Waals surface area (Å²) in [5.41, 5.74) is 2.16. The zero-order valence-corrected chi connectivity index (χ0v) is 13.3. The Morgan fingerprint density at radius 2 is 1.95 bits per heavy atom. The first-order valence-corrected chi connectivity index (χ1v) is 7.88. The van der Waals surface area contributed by atoms with Crippen molar-refractivity contribution in [3.63, 3.8) is 0 Å². The van der Waals surface area contributed by atoms with E-state index in [1.165, 1.54) is 12.8 Å². The standard InChI is InChI=1S/C17H24N4O/c1-21(12-13-7-9-18-10-8-13)17-11-16(19-20-17)14-3-5-15(22-2)6-4-14/h3-6,11,13,18H,7-10,12H2,1-2H3,(H,19,20). The number of aromatic amines is 1. The van der Waals surface area contributed by atoms with Crippen molar-refractivity contribution in [3.05, 3.63) is 30.3 Å². The molecule has 2 aromatic rings. The van der Waals surface area contributed by atoms with Crippen LogP contribution in [0.1, 0.15) is 12.8 Å². The summed E-state index contributed by atoms with van der Waals surface area (Å²) in [7, 11) is 3.80. The van der Waals surface area contributed by atoms with Gasteiger partial charge in [-0.3, -0.25) is 5.10 Å². The van der Waals surface area contributed by atoms with E-state index < -0.39 is 0 Å². The predicted octanol–water partition coefficient (Wildman–Crippen LogP) is 2.52. The SMILES string of the molecule is COc1ccc(-c2cc(N(C)CC3CCNCC3)n[nH]2)cc1. The van der Waals surface area contributed by atoms with Crippen LogP contribution in [-0.2, 0) is 0 Å². The number of aromatic nitrogens is 2. The number of methoxy groups -OCH3 is 1. The van der Waals surface area contributed by atoms with Gasteiger partial charge in [0.1, 0.15) is 5.75 Å². The van der Waals surface area contributed by atoms with Crippen LogP contribution >= 0.6 is 0 Å². The Labute approximate surface area is 131 Å². The Morgan fingerprint density at radius 3 is 2.64 bits per heavy atom. The molecule has 0 radical (unpaired) electrons. The lowest BCUT2D eigenvalue weighted by Gasteiger charge is -2.27. The second-order valence-electron chi connectivity index (χ2n) is 5.94. The first kappa shape index (κ1) is 14.9. The van der Waals surface area contributed by atoms with Crippen molar-refractivity contribution in [1.29, 1.82) is 0 Å². The van der Waals surface area contributed by atoms with Gasteiger partial charge in [0.25, 0.3) is 0 Å². The highest BCUT2D eigenvalue weighted by Gasteiger charge is 2.16. The van der Waals surface area contributed by atoms with Gasteiger partial charge in [-0.2, -0.15) is 5.10 Å². The van der Waals surface area contributed by atoms with Crippen LogP contribution in [-0.4, -0.2) is 44.0 Å². The normalized spacial score (nSPS) is 15.7. The maximum absolute atomic E-state index is 5.19. The molecule has 1 aliphatic rings. The zero-order valence-electron chi connectivity index (χ0n) is 13.3. The number of anilines is 1. The van der Waals surface area contributed by atoms with Crippen molar-refractivity contribution in [1.82, 2.24) is 15.5 Å². The highest BCUT2D eigenvalue weighted by Crippen LogP contribution is 2.24. The number of nitrogens with one attached hydrogen (secondary N) is 2. The van der Waals surface area contributed by atoms with E-state index in [1.807, 2.05) is 24.3 Å². The van der Waals surface area contributed by atoms with E-state index in [0.717, 1.165) is 48.4 Å². The molecule has 2 N–H and O–H groups in total. The predicted molar refractivity (Wildman–Crippen MR) is 89.4 cm³/mol. The molecular formula is C17H24N4O. The molecule has 0 unspecified atom stereocenters. The maximum atomic E-state index is 5.19. The Balaban J connectivity index is 1.66. The molecule has 3 rings (SSSR count). The molecule has 5 heteroatoms. The van der Waals surface area contributed by atoms with Crippen LogP contribution in [0.4, 0.5) is 5.82 Å². The van der Waals surface area contributed by atoms with Crippen molar-refractivity contribution < 1.29 is 4.74 Å². The van der Waals surface area contributed by atoms with E-state index in [0.29, 0.717) is 0 Å². The summed E-state index contributed by atoms with van der Waals surface area (Å²) in [6, 6.07) is 10.1. The second-order valence-corrected chi connectivity index (χ2v) is 5.94. The Morgan fingerprint density at radius 1 is 1.23 bits per heavy atom. The second kappa shape index (κ2) is 6.83. The van der Waals surface area contributed by atoms with Gasteiger partial charge in [-0.05, 0) is 61.7 Å². The Hall–Kier alpha value is -2.01. The molecule has 0 amide bonds. The fraction of sp³-hybridized carbons (Fsp3) is 0.471. The number of H-pyrrole nitrogens is 1. The van der Waals surface area contributed by atoms with E-state index in [2.05, 4.69) is 33.5 Å². The van der Waals surface area contributed by atoms with Crippen LogP contribution in [0.3, 0.4) is 0 Å². The van der Waals surface area contributed by atoms with Crippen molar-refractivity contribution in [2.75, 3.05) is 38.7 Å². The van der Waals surface area contributed by atoms with Crippen LogP contribution in [0.25, 0.3) is 11.3 Å². The summed E-state index contributed by atoms with van der Waals surface area (Å²) in [4.78, 5) is 2.25. The third-order valence-corrected chi connectivity index (χ3v) is 4.35. The molecule has 1 saturated heterocycles. The molecule has 5 nitrogen and oxygen atoms in total. The third-order valence-electron chi connectivity index (χ3n) is 4.35. The molecule has 1 fully saturated rings. The van der Waals surface area contributed by atoms with Crippen LogP contribution in [0.5, 0.6) is 5.75 Å². The Bertz CT molecular complexity index is 587. The summed E-state index contributed by atoms with van der Waals surface area (Å²) >= 11 is 0. The summed E-state index contributed by atoms with van der Waals surface area (Å²) < 4.78 is 5.19. The van der Waals surface area contributed by atoms with Gasteiger partial charge in [-0.25, -0.2) is 0 Å². The van der Waals surface area contributed by atoms with Crippen molar-refractivity contribution in [2.24, 2.45) is 5.92 Å². The van der Waals surface area contributed by atoms with Gasteiger partial charge < -0.3 is 15.0 Å². The van der Waals surface area contributed by atoms with Gasteiger partial charge in [0.15, 0.2) is 5.82 Å². The van der Waals surface area contributed by atoms with E-state index in [9.17, 15) is 0 Å². The average Bonchev–Trinajstić information content (AvgIpc) is 3.06. The van der Waals surface area contributed by atoms with Gasteiger partial charge >= 0.3 is 0 Å². The summed E-state index contributed by atoms with van der Waals surface area (Å²) in [6.45, 7) is 3.33. The topological polar surface area (TPSA) is 53.2 Å². The number of rotatable bonds is 5. The van der Waals surface area contributed by atoms with E-state index in [-0.39, 0.29) is 0 Å². The average molecular weight is 300 g/mol. The molecule has 0 spiro atoms. The first-order chi connectivity index (χ1) is 10.8. The van der Waals surface area contributed by atoms with Gasteiger partial charge in [0.05, 0.1) is 12.8 Å². The number of piperidine rings is 1. The molecule has 0 atom stereocenters. The highest BCUT2D eigenvalue weighted by atomic mass is 16.5. The fourth-order valence-corrected chi connectivity index (χ4v) is 2.97. The van der Waals surface area contributed by atoms with E-state index in [4.69, 9.17) is 4.74 Å². The molecule has 118 valence electrons. The summed E-state index contributed by atoms with van der Waals surface area (Å²) in [5, 5.41) is 11.0. The van der Waals surface area contributed by atoms with Gasteiger partial charge in [0, 0.05) is 19.7 Å². The third kappa shape index (κ3) is 3.42. The number of hydrogen-bond donors (Lipinski definition) is 2. The molecule has 1 aliphatic heterocycles. The van der Waals surface area contributed by atoms with Gasteiger partial charge in [0.2, 0.25) is 0 Å². The van der Waals surface area contributed by atoms with Crippen molar-refractivity contribution in [3.8, 4) is 17.0 Å². The zero-order chi connectivity index (χ0) is 15.4. The molecule has 1 aromatic carbocycles. The minimum absolute atomic E-state index is 0.757. The minimum Gasteiger partial charge on any atom is -0.497 e. The van der Waals surface area contributed by atoms with E-state index in [1.54, 1.807) is 7.11 Å². The molecule has 0 bridgehead atoms. The van der Waals surface area contributed by atoms with Crippen LogP contribution in [0, 0.1) is 5.92 Å². The summed E-state index contributed by atoms with van der Waals surface area (Å²) in [5.74, 6) is 2.63. The number of ether oxygens (including phenoxy) is 1. The molecule has 0 aliphatic carbocycles. The smallest absolute Gasteiger partial charge is 0.150 e. The molecule has 1 aromatic heterocycles. The number of nitrogens with zero attached hydrogens (tertiary/aromatic N) is 2. The quantitative estimate of drug-likeness (QED) is 0.891. The molecular weight excluding hydrogens is 276 g/mol. The minimum atomic E-state index is 0.757. The highest BCUT2D eigenvalue weighted by molar-refractivity contribution is 5.63. The molecule has 22 heavy (non-hydrogen) atoms. The van der Waals surface area contributed by atoms with Gasteiger partial charge in [-0.15, -0.1) is 0 Å². The van der Waals surface area contributed by atoms with E-state index >= 15 is 0 Å². The molecule has 0 saturated carbocycles.